The van der Waals surface area contributed by atoms with Gasteiger partial charge in [-0.3, -0.25) is 4.79 Å². The molecule has 0 bridgehead atoms. The number of rotatable bonds is 30. The van der Waals surface area contributed by atoms with E-state index in [-0.39, 0.29) is 0 Å². The first-order valence-electron chi connectivity index (χ1n) is 16.8. The van der Waals surface area contributed by atoms with Crippen LogP contribution in [-0.4, -0.2) is 11.1 Å². The van der Waals surface area contributed by atoms with Gasteiger partial charge >= 0.3 is 5.97 Å². The van der Waals surface area contributed by atoms with Gasteiger partial charge in [0.1, 0.15) is 0 Å². The second-order valence-electron chi connectivity index (χ2n) is 12.4. The Hall–Kier alpha value is -0.530. The van der Waals surface area contributed by atoms with Crippen molar-refractivity contribution in [2.75, 3.05) is 0 Å². The normalized spacial score (nSPS) is 12.4. The highest BCUT2D eigenvalue weighted by Gasteiger charge is 2.12. The molecular formula is C34H68O2. The molecule has 36 heavy (non-hydrogen) atoms. The molecule has 0 aromatic rings. The molecule has 0 radical (unpaired) electrons. The SMILES string of the molecule is CCCCCCCCCCCCCCCC(CCCCCCCCCCCCCC(C)C)CC(=O)O. The van der Waals surface area contributed by atoms with Crippen molar-refractivity contribution in [3.05, 3.63) is 0 Å². The van der Waals surface area contributed by atoms with E-state index in [1.165, 1.54) is 161 Å². The second kappa shape index (κ2) is 29.0. The average Bonchev–Trinajstić information content (AvgIpc) is 2.84. The van der Waals surface area contributed by atoms with Crippen LogP contribution in [0.4, 0.5) is 0 Å². The summed E-state index contributed by atoms with van der Waals surface area (Å²) in [6.45, 7) is 6.94. The fraction of sp³-hybridized carbons (Fsp3) is 0.971. The van der Waals surface area contributed by atoms with Crippen LogP contribution < -0.4 is 0 Å². The molecule has 0 aliphatic carbocycles. The number of carboxylic acids is 1. The maximum Gasteiger partial charge on any atom is 0.303 e. The zero-order chi connectivity index (χ0) is 26.5. The lowest BCUT2D eigenvalue weighted by molar-refractivity contribution is -0.138. The van der Waals surface area contributed by atoms with Gasteiger partial charge < -0.3 is 5.11 Å². The molecule has 2 nitrogen and oxygen atoms in total. The van der Waals surface area contributed by atoms with Crippen LogP contribution >= 0.6 is 0 Å². The van der Waals surface area contributed by atoms with Crippen molar-refractivity contribution < 1.29 is 9.90 Å². The van der Waals surface area contributed by atoms with E-state index >= 15 is 0 Å². The Morgan fingerprint density at radius 1 is 0.472 bits per heavy atom. The van der Waals surface area contributed by atoms with Crippen LogP contribution in [0.2, 0.25) is 0 Å². The second-order valence-corrected chi connectivity index (χ2v) is 12.4. The number of aliphatic carboxylic acids is 1. The van der Waals surface area contributed by atoms with Crippen molar-refractivity contribution in [2.24, 2.45) is 11.8 Å². The van der Waals surface area contributed by atoms with Crippen molar-refractivity contribution in [3.63, 3.8) is 0 Å². The van der Waals surface area contributed by atoms with Crippen molar-refractivity contribution in [3.8, 4) is 0 Å². The first-order valence-corrected chi connectivity index (χ1v) is 16.8. The number of carboxylic acid groups (broad SMARTS) is 1. The van der Waals surface area contributed by atoms with Crippen LogP contribution in [-0.2, 0) is 4.79 Å². The van der Waals surface area contributed by atoms with Crippen molar-refractivity contribution in [1.82, 2.24) is 0 Å². The summed E-state index contributed by atoms with van der Waals surface area (Å²) >= 11 is 0. The Kier molecular flexibility index (Phi) is 28.6. The first-order chi connectivity index (χ1) is 17.6. The van der Waals surface area contributed by atoms with Gasteiger partial charge in [-0.25, -0.2) is 0 Å². The third-order valence-electron chi connectivity index (χ3n) is 8.07. The molecule has 0 saturated heterocycles. The van der Waals surface area contributed by atoms with Crippen molar-refractivity contribution >= 4 is 5.97 Å². The Balaban J connectivity index is 3.51. The molecule has 1 atom stereocenters. The summed E-state index contributed by atoms with van der Waals surface area (Å²) < 4.78 is 0. The fourth-order valence-corrected chi connectivity index (χ4v) is 5.62. The highest BCUT2D eigenvalue weighted by molar-refractivity contribution is 5.66. The van der Waals surface area contributed by atoms with E-state index in [4.69, 9.17) is 0 Å². The van der Waals surface area contributed by atoms with Crippen LogP contribution in [0.25, 0.3) is 0 Å². The third kappa shape index (κ3) is 29.7. The fourth-order valence-electron chi connectivity index (χ4n) is 5.62. The molecule has 1 N–H and O–H groups in total. The lowest BCUT2D eigenvalue weighted by Crippen LogP contribution is -2.08. The van der Waals surface area contributed by atoms with Crippen LogP contribution in [0.1, 0.15) is 201 Å². The highest BCUT2D eigenvalue weighted by atomic mass is 16.4. The Labute approximate surface area is 228 Å². The minimum atomic E-state index is -0.598. The van der Waals surface area contributed by atoms with E-state index < -0.39 is 5.97 Å². The molecule has 0 aromatic carbocycles. The van der Waals surface area contributed by atoms with Crippen molar-refractivity contribution in [2.45, 2.75) is 201 Å². The summed E-state index contributed by atoms with van der Waals surface area (Å²) in [6.07, 6.45) is 37.1. The van der Waals surface area contributed by atoms with Crippen LogP contribution in [0.15, 0.2) is 0 Å². The largest absolute Gasteiger partial charge is 0.481 e. The zero-order valence-electron chi connectivity index (χ0n) is 25.3. The summed E-state index contributed by atoms with van der Waals surface area (Å²) in [5.74, 6) is 0.674. The van der Waals surface area contributed by atoms with E-state index in [0.29, 0.717) is 12.3 Å². The molecule has 0 aliphatic rings. The molecule has 0 aliphatic heterocycles. The van der Waals surface area contributed by atoms with Gasteiger partial charge in [-0.05, 0) is 24.7 Å². The van der Waals surface area contributed by atoms with Gasteiger partial charge in [0, 0.05) is 6.42 Å². The van der Waals surface area contributed by atoms with Crippen molar-refractivity contribution in [1.29, 1.82) is 0 Å². The molecule has 0 saturated carbocycles. The minimum Gasteiger partial charge on any atom is -0.481 e. The third-order valence-corrected chi connectivity index (χ3v) is 8.07. The minimum absolute atomic E-state index is 0.384. The van der Waals surface area contributed by atoms with Gasteiger partial charge in [0.25, 0.3) is 0 Å². The van der Waals surface area contributed by atoms with Crippen LogP contribution in [0.5, 0.6) is 0 Å². The summed E-state index contributed by atoms with van der Waals surface area (Å²) in [6, 6.07) is 0. The molecule has 0 aromatic heterocycles. The monoisotopic (exact) mass is 509 g/mol. The molecule has 2 heteroatoms. The molecule has 0 fully saturated rings. The molecule has 0 spiro atoms. The molecule has 0 heterocycles. The van der Waals surface area contributed by atoms with E-state index in [1.54, 1.807) is 0 Å². The molecule has 0 rings (SSSR count). The number of carbonyl (C=O) groups is 1. The highest BCUT2D eigenvalue weighted by Crippen LogP contribution is 2.22. The first kappa shape index (κ1) is 35.5. The lowest BCUT2D eigenvalue weighted by Gasteiger charge is -2.14. The van der Waals surface area contributed by atoms with Gasteiger partial charge in [0.15, 0.2) is 0 Å². The Bertz CT molecular complexity index is 431. The smallest absolute Gasteiger partial charge is 0.303 e. The predicted molar refractivity (Wildman–Crippen MR) is 161 cm³/mol. The van der Waals surface area contributed by atoms with E-state index in [0.717, 1.165) is 18.8 Å². The number of hydrogen-bond acceptors (Lipinski definition) is 1. The lowest BCUT2D eigenvalue weighted by atomic mass is 9.91. The topological polar surface area (TPSA) is 37.3 Å². The van der Waals surface area contributed by atoms with Crippen LogP contribution in [0, 0.1) is 11.8 Å². The summed E-state index contributed by atoms with van der Waals surface area (Å²) in [7, 11) is 0. The zero-order valence-corrected chi connectivity index (χ0v) is 25.3. The number of unbranched alkanes of at least 4 members (excludes halogenated alkanes) is 22. The molecule has 1 unspecified atom stereocenters. The summed E-state index contributed by atoms with van der Waals surface area (Å²) in [5.41, 5.74) is 0. The van der Waals surface area contributed by atoms with Gasteiger partial charge in [0.05, 0.1) is 0 Å². The van der Waals surface area contributed by atoms with E-state index in [1.807, 2.05) is 0 Å². The summed E-state index contributed by atoms with van der Waals surface area (Å²) in [5, 5.41) is 9.30. The molecular weight excluding hydrogens is 440 g/mol. The molecule has 216 valence electrons. The average molecular weight is 509 g/mol. The molecule has 0 amide bonds. The van der Waals surface area contributed by atoms with E-state index in [2.05, 4.69) is 20.8 Å². The van der Waals surface area contributed by atoms with Gasteiger partial charge in [0.2, 0.25) is 0 Å². The maximum absolute atomic E-state index is 11.3. The summed E-state index contributed by atoms with van der Waals surface area (Å²) in [4.78, 5) is 11.3. The quantitative estimate of drug-likeness (QED) is 0.0979. The Morgan fingerprint density at radius 2 is 0.750 bits per heavy atom. The van der Waals surface area contributed by atoms with Gasteiger partial charge in [-0.2, -0.15) is 0 Å². The standard InChI is InChI=1S/C34H68O2/c1-4-5-6-7-8-9-10-11-14-17-20-23-26-29-33(31-34(35)36)30-27-24-21-18-15-12-13-16-19-22-25-28-32(2)3/h32-33H,4-31H2,1-3H3,(H,35,36). The predicted octanol–water partition coefficient (Wildman–Crippen LogP) is 12.3. The van der Waals surface area contributed by atoms with Crippen LogP contribution in [0.3, 0.4) is 0 Å². The van der Waals surface area contributed by atoms with E-state index in [9.17, 15) is 9.90 Å². The van der Waals surface area contributed by atoms with Gasteiger partial charge in [-0.1, -0.05) is 181 Å². The number of hydrogen-bond donors (Lipinski definition) is 1. The maximum atomic E-state index is 11.3. The van der Waals surface area contributed by atoms with Gasteiger partial charge in [-0.15, -0.1) is 0 Å². The Morgan fingerprint density at radius 3 is 1.03 bits per heavy atom.